The molecule has 6 nitrogen and oxygen atoms in total. The molecule has 3 aromatic rings. The Labute approximate surface area is 129 Å². The molecule has 0 aliphatic heterocycles. The number of nitrogens with zero attached hydrogens (tertiary/aromatic N) is 4. The van der Waals surface area contributed by atoms with E-state index in [1.165, 1.54) is 0 Å². The molecule has 0 bridgehead atoms. The average Bonchev–Trinajstić information content (AvgIpc) is 3.05. The number of rotatable bonds is 5. The molecule has 0 saturated heterocycles. The molecule has 0 fully saturated rings. The summed E-state index contributed by atoms with van der Waals surface area (Å²) in [6, 6.07) is 5.82. The van der Waals surface area contributed by atoms with Crippen LogP contribution in [-0.2, 0) is 6.42 Å². The van der Waals surface area contributed by atoms with Crippen molar-refractivity contribution in [1.82, 2.24) is 25.1 Å². The van der Waals surface area contributed by atoms with Crippen molar-refractivity contribution in [3.63, 3.8) is 0 Å². The summed E-state index contributed by atoms with van der Waals surface area (Å²) in [6.45, 7) is 4.81. The molecule has 0 radical (unpaired) electrons. The first-order valence-electron chi connectivity index (χ1n) is 7.22. The van der Waals surface area contributed by atoms with Crippen molar-refractivity contribution in [2.24, 2.45) is 0 Å². The summed E-state index contributed by atoms with van der Waals surface area (Å²) in [5.74, 6) is 1.56. The predicted molar refractivity (Wildman–Crippen MR) is 85.5 cm³/mol. The van der Waals surface area contributed by atoms with Crippen molar-refractivity contribution in [2.45, 2.75) is 20.3 Å². The van der Waals surface area contributed by atoms with Crippen LogP contribution in [0.1, 0.15) is 17.0 Å². The summed E-state index contributed by atoms with van der Waals surface area (Å²) in [5, 5.41) is 10.3. The molecule has 0 aliphatic carbocycles. The van der Waals surface area contributed by atoms with Crippen molar-refractivity contribution in [3.8, 4) is 11.4 Å². The number of anilines is 1. The molecule has 6 heteroatoms. The first-order chi connectivity index (χ1) is 10.7. The van der Waals surface area contributed by atoms with Crippen molar-refractivity contribution in [2.75, 3.05) is 11.9 Å². The zero-order valence-corrected chi connectivity index (χ0v) is 12.7. The SMILES string of the molecule is Cc1nc(-c2cccnc2)nc(NCCc2ccn[nH]2)c1C. The van der Waals surface area contributed by atoms with E-state index in [0.717, 1.165) is 41.3 Å². The average molecular weight is 294 g/mol. The molecular formula is C16H18N6. The van der Waals surface area contributed by atoms with E-state index >= 15 is 0 Å². The van der Waals surface area contributed by atoms with E-state index in [9.17, 15) is 0 Å². The smallest absolute Gasteiger partial charge is 0.163 e. The number of hydrogen-bond donors (Lipinski definition) is 2. The molecule has 0 atom stereocenters. The number of hydrogen-bond acceptors (Lipinski definition) is 5. The van der Waals surface area contributed by atoms with E-state index < -0.39 is 0 Å². The fraction of sp³-hybridized carbons (Fsp3) is 0.250. The molecule has 0 aromatic carbocycles. The molecule has 0 unspecified atom stereocenters. The van der Waals surface area contributed by atoms with Gasteiger partial charge in [-0.15, -0.1) is 0 Å². The van der Waals surface area contributed by atoms with Gasteiger partial charge in [-0.3, -0.25) is 10.1 Å². The Kier molecular flexibility index (Phi) is 4.09. The number of pyridine rings is 1. The molecule has 0 spiro atoms. The summed E-state index contributed by atoms with van der Waals surface area (Å²) < 4.78 is 0. The fourth-order valence-electron chi connectivity index (χ4n) is 2.16. The number of aryl methyl sites for hydroxylation is 1. The highest BCUT2D eigenvalue weighted by atomic mass is 15.1. The monoisotopic (exact) mass is 294 g/mol. The number of aromatic amines is 1. The van der Waals surface area contributed by atoms with Crippen molar-refractivity contribution in [3.05, 3.63) is 53.7 Å². The van der Waals surface area contributed by atoms with Crippen LogP contribution in [0.4, 0.5) is 5.82 Å². The minimum atomic E-state index is 0.695. The molecule has 2 N–H and O–H groups in total. The quantitative estimate of drug-likeness (QED) is 0.756. The van der Waals surface area contributed by atoms with Crippen molar-refractivity contribution in [1.29, 1.82) is 0 Å². The van der Waals surface area contributed by atoms with Crippen molar-refractivity contribution < 1.29 is 0 Å². The Morgan fingerprint density at radius 1 is 1.14 bits per heavy atom. The second-order valence-corrected chi connectivity index (χ2v) is 5.11. The van der Waals surface area contributed by atoms with Gasteiger partial charge in [0.1, 0.15) is 5.82 Å². The first kappa shape index (κ1) is 14.2. The normalized spacial score (nSPS) is 10.6. The van der Waals surface area contributed by atoms with E-state index in [2.05, 4.69) is 30.5 Å². The summed E-state index contributed by atoms with van der Waals surface area (Å²) in [4.78, 5) is 13.3. The number of H-pyrrole nitrogens is 1. The maximum Gasteiger partial charge on any atom is 0.163 e. The summed E-state index contributed by atoms with van der Waals surface area (Å²) >= 11 is 0. The highest BCUT2D eigenvalue weighted by molar-refractivity contribution is 5.58. The Bertz CT molecular complexity index is 737. The fourth-order valence-corrected chi connectivity index (χ4v) is 2.16. The highest BCUT2D eigenvalue weighted by Gasteiger charge is 2.09. The van der Waals surface area contributed by atoms with E-state index in [1.807, 2.05) is 32.0 Å². The minimum absolute atomic E-state index is 0.695. The molecule has 112 valence electrons. The minimum Gasteiger partial charge on any atom is -0.369 e. The number of nitrogens with one attached hydrogen (secondary N) is 2. The molecular weight excluding hydrogens is 276 g/mol. The molecule has 3 rings (SSSR count). The highest BCUT2D eigenvalue weighted by Crippen LogP contribution is 2.20. The van der Waals surface area contributed by atoms with Gasteiger partial charge in [0.2, 0.25) is 0 Å². The maximum atomic E-state index is 4.63. The van der Waals surface area contributed by atoms with Gasteiger partial charge in [-0.25, -0.2) is 9.97 Å². The van der Waals surface area contributed by atoms with E-state index in [4.69, 9.17) is 0 Å². The van der Waals surface area contributed by atoms with Crippen LogP contribution in [0.3, 0.4) is 0 Å². The van der Waals surface area contributed by atoms with Crippen LogP contribution in [0.15, 0.2) is 36.8 Å². The predicted octanol–water partition coefficient (Wildman–Crippen LogP) is 2.53. The molecule has 3 aromatic heterocycles. The first-order valence-corrected chi connectivity index (χ1v) is 7.22. The molecule has 0 saturated carbocycles. The molecule has 3 heterocycles. The lowest BCUT2D eigenvalue weighted by atomic mass is 10.2. The molecule has 22 heavy (non-hydrogen) atoms. The second-order valence-electron chi connectivity index (χ2n) is 5.11. The topological polar surface area (TPSA) is 79.4 Å². The van der Waals surface area contributed by atoms with Crippen LogP contribution in [0.25, 0.3) is 11.4 Å². The third-order valence-electron chi connectivity index (χ3n) is 3.55. The lowest BCUT2D eigenvalue weighted by Gasteiger charge is -2.12. The van der Waals surface area contributed by atoms with Gasteiger partial charge in [-0.05, 0) is 32.0 Å². The lowest BCUT2D eigenvalue weighted by molar-refractivity contribution is 0.919. The van der Waals surface area contributed by atoms with Gasteiger partial charge < -0.3 is 5.32 Å². The maximum absolute atomic E-state index is 4.63. The van der Waals surface area contributed by atoms with Crippen LogP contribution in [0.5, 0.6) is 0 Å². The summed E-state index contributed by atoms with van der Waals surface area (Å²) in [7, 11) is 0. The Balaban J connectivity index is 1.79. The Hall–Kier alpha value is -2.76. The summed E-state index contributed by atoms with van der Waals surface area (Å²) in [5.41, 5.74) is 4.06. The third-order valence-corrected chi connectivity index (χ3v) is 3.55. The van der Waals surface area contributed by atoms with Crippen LogP contribution in [-0.4, -0.2) is 31.7 Å². The second kappa shape index (κ2) is 6.34. The Morgan fingerprint density at radius 2 is 2.05 bits per heavy atom. The van der Waals surface area contributed by atoms with Gasteiger partial charge in [-0.1, -0.05) is 0 Å². The lowest BCUT2D eigenvalue weighted by Crippen LogP contribution is -2.10. The van der Waals surface area contributed by atoms with E-state index in [1.54, 1.807) is 18.6 Å². The van der Waals surface area contributed by atoms with Crippen LogP contribution >= 0.6 is 0 Å². The third kappa shape index (κ3) is 3.11. The summed E-state index contributed by atoms with van der Waals surface area (Å²) in [6.07, 6.45) is 6.15. The zero-order valence-electron chi connectivity index (χ0n) is 12.7. The van der Waals surface area contributed by atoms with Crippen LogP contribution in [0, 0.1) is 13.8 Å². The van der Waals surface area contributed by atoms with Gasteiger partial charge in [0.05, 0.1) is 0 Å². The van der Waals surface area contributed by atoms with E-state index in [-0.39, 0.29) is 0 Å². The van der Waals surface area contributed by atoms with Gasteiger partial charge in [0, 0.05) is 54.1 Å². The van der Waals surface area contributed by atoms with Gasteiger partial charge >= 0.3 is 0 Å². The van der Waals surface area contributed by atoms with Gasteiger partial charge in [0.25, 0.3) is 0 Å². The number of aromatic nitrogens is 5. The molecule has 0 aliphatic rings. The van der Waals surface area contributed by atoms with Crippen LogP contribution < -0.4 is 5.32 Å². The van der Waals surface area contributed by atoms with Crippen LogP contribution in [0.2, 0.25) is 0 Å². The standard InChI is InChI=1S/C16H18N6/c1-11-12(2)20-16(13-4-3-7-17-10-13)21-15(11)18-8-5-14-6-9-19-22-14/h3-4,6-7,9-10H,5,8H2,1-2H3,(H,19,22)(H,18,20,21). The molecule has 0 amide bonds. The van der Waals surface area contributed by atoms with Gasteiger partial charge in [0.15, 0.2) is 5.82 Å². The zero-order chi connectivity index (χ0) is 15.4. The van der Waals surface area contributed by atoms with Crippen molar-refractivity contribution >= 4 is 5.82 Å². The van der Waals surface area contributed by atoms with Gasteiger partial charge in [-0.2, -0.15) is 5.10 Å². The van der Waals surface area contributed by atoms with E-state index in [0.29, 0.717) is 5.82 Å². The Morgan fingerprint density at radius 3 is 2.77 bits per heavy atom. The largest absolute Gasteiger partial charge is 0.369 e.